The van der Waals surface area contributed by atoms with E-state index in [0.717, 1.165) is 57.1 Å². The van der Waals surface area contributed by atoms with Crippen LogP contribution in [0.25, 0.3) is 57.7 Å². The summed E-state index contributed by atoms with van der Waals surface area (Å²) in [6.07, 6.45) is 9.10. The normalized spacial score (nSPS) is 14.3. The molecule has 0 fully saturated rings. The number of hydrogen-bond donors (Lipinski definition) is 0. The summed E-state index contributed by atoms with van der Waals surface area (Å²) in [6, 6.07) is 74.7. The predicted octanol–water partition coefficient (Wildman–Crippen LogP) is 19.9. The largest absolute Gasteiger partial charge is 0.497 e. The molecule has 0 spiro atoms. The van der Waals surface area contributed by atoms with Gasteiger partial charge in [-0.05, 0) is 210 Å². The lowest BCUT2D eigenvalue weighted by Crippen LogP contribution is -2.16. The predicted molar refractivity (Wildman–Crippen MR) is 345 cm³/mol. The highest BCUT2D eigenvalue weighted by Gasteiger charge is 2.39. The first kappa shape index (κ1) is 52.8. The van der Waals surface area contributed by atoms with E-state index < -0.39 is 0 Å². The number of methoxy groups -OCH3 is 4. The Morgan fingerprint density at radius 2 is 0.434 bits per heavy atom. The fourth-order valence-electron chi connectivity index (χ4n) is 13.2. The second-order valence-corrected chi connectivity index (χ2v) is 23.7. The van der Waals surface area contributed by atoms with Crippen LogP contribution in [-0.2, 0) is 16.2 Å². The van der Waals surface area contributed by atoms with Crippen LogP contribution < -0.4 is 28.7 Å². The molecule has 0 saturated heterocycles. The highest BCUT2D eigenvalue weighted by molar-refractivity contribution is 5.90. The van der Waals surface area contributed by atoms with E-state index in [9.17, 15) is 0 Å². The minimum atomic E-state index is -0.216. The molecule has 0 aromatic heterocycles. The van der Waals surface area contributed by atoms with Crippen LogP contribution in [0.2, 0.25) is 0 Å². The summed E-state index contributed by atoms with van der Waals surface area (Å²) in [5.74, 6) is 3.29. The Hall–Kier alpha value is -9.52. The van der Waals surface area contributed by atoms with Crippen LogP contribution in [-0.4, -0.2) is 28.4 Å². The number of rotatable bonds is 14. The van der Waals surface area contributed by atoms with Gasteiger partial charge in [0.2, 0.25) is 0 Å². The topological polar surface area (TPSA) is 43.4 Å². The Bertz CT molecular complexity index is 3840. The minimum Gasteiger partial charge on any atom is -0.497 e. The van der Waals surface area contributed by atoms with Crippen molar-refractivity contribution in [3.05, 3.63) is 262 Å². The first-order valence-corrected chi connectivity index (χ1v) is 28.6. The summed E-state index contributed by atoms with van der Waals surface area (Å²) in [4.78, 5) is 4.60. The van der Waals surface area contributed by atoms with Crippen molar-refractivity contribution in [3.8, 4) is 56.4 Å². The van der Waals surface area contributed by atoms with E-state index in [1.165, 1.54) is 89.0 Å². The van der Waals surface area contributed by atoms with E-state index in [-0.39, 0.29) is 16.2 Å². The minimum absolute atomic E-state index is 0.171. The summed E-state index contributed by atoms with van der Waals surface area (Å²) in [5.41, 5.74) is 26.3. The summed E-state index contributed by atoms with van der Waals surface area (Å²) in [6.45, 7) is 14.2. The number of nitrogens with zero attached hydrogens (tertiary/aromatic N) is 2. The molecule has 13 rings (SSSR count). The van der Waals surface area contributed by atoms with Gasteiger partial charge in [-0.1, -0.05) is 151 Å². The number of fused-ring (bicyclic) bond motifs is 9. The summed E-state index contributed by atoms with van der Waals surface area (Å²) in [5, 5.41) is 0. The van der Waals surface area contributed by atoms with Crippen LogP contribution in [0.5, 0.6) is 23.0 Å². The van der Waals surface area contributed by atoms with Crippen molar-refractivity contribution in [1.82, 2.24) is 0 Å². The monoisotopic (exact) mass is 1080 g/mol. The third kappa shape index (κ3) is 9.14. The van der Waals surface area contributed by atoms with Crippen LogP contribution in [0.3, 0.4) is 0 Å². The van der Waals surface area contributed by atoms with Crippen molar-refractivity contribution < 1.29 is 18.9 Å². The number of anilines is 6. The lowest BCUT2D eigenvalue weighted by Gasteiger charge is -2.28. The molecule has 0 N–H and O–H groups in total. The summed E-state index contributed by atoms with van der Waals surface area (Å²) < 4.78 is 22.1. The molecule has 0 radical (unpaired) electrons. The zero-order valence-corrected chi connectivity index (χ0v) is 49.0. The molecule has 6 nitrogen and oxygen atoms in total. The molecule has 3 aliphatic rings. The van der Waals surface area contributed by atoms with Crippen molar-refractivity contribution in [2.24, 2.45) is 0 Å². The molecule has 83 heavy (non-hydrogen) atoms. The third-order valence-corrected chi connectivity index (χ3v) is 17.9. The van der Waals surface area contributed by atoms with E-state index in [0.29, 0.717) is 0 Å². The van der Waals surface area contributed by atoms with Crippen molar-refractivity contribution in [1.29, 1.82) is 0 Å². The number of benzene rings is 10. The Morgan fingerprint density at radius 3 is 0.651 bits per heavy atom. The van der Waals surface area contributed by atoms with Gasteiger partial charge in [0.1, 0.15) is 23.0 Å². The van der Waals surface area contributed by atoms with Crippen molar-refractivity contribution in [2.75, 3.05) is 38.2 Å². The van der Waals surface area contributed by atoms with Crippen LogP contribution >= 0.6 is 0 Å². The van der Waals surface area contributed by atoms with Gasteiger partial charge < -0.3 is 28.7 Å². The smallest absolute Gasteiger partial charge is 0.119 e. The molecule has 10 aromatic rings. The standard InChI is InChI=1S/C77H68N2O4/c1-75(2)69-43-49(11-13-51-17-39-65-67-41-27-57(47-73(67)76(3,4)71(65)45-51)78(53-19-29-59(80-7)30-20-53)54-21-31-60(81-8)32-22-54)15-37-63(69)64-38-16-50(44-70(64)75)12-14-52-18-40-66-68-42-28-58(48-74(68)77(5,6)72(66)46-52)79(55-23-33-61(82-9)34-24-55)56-25-35-62(83-10)36-26-56/h11-48H,1-10H3. The van der Waals surface area contributed by atoms with Gasteiger partial charge in [-0.2, -0.15) is 0 Å². The van der Waals surface area contributed by atoms with Gasteiger partial charge in [0.25, 0.3) is 0 Å². The molecular weight excluding hydrogens is 1020 g/mol. The SMILES string of the molecule is COc1ccc(N(c2ccc(OC)cc2)c2ccc3c(c2)C(C)(C)c2cc(C=Cc4ccc5c(c4)C(C)(C)c4cc(C=Cc6ccc7c(c6)C(C)(C)c6cc(N(c8ccc(OC)cc8)c8ccc(OC)cc8)ccc6-7)ccc4-5)ccc2-3)cc1. The Morgan fingerprint density at radius 1 is 0.241 bits per heavy atom. The molecule has 0 heterocycles. The van der Waals surface area contributed by atoms with Crippen LogP contribution in [0.1, 0.15) is 97.2 Å². The average molecular weight is 1090 g/mol. The van der Waals surface area contributed by atoms with Gasteiger partial charge in [0.05, 0.1) is 28.4 Å². The van der Waals surface area contributed by atoms with E-state index in [4.69, 9.17) is 18.9 Å². The van der Waals surface area contributed by atoms with Gasteiger partial charge in [-0.25, -0.2) is 0 Å². The molecule has 0 atom stereocenters. The highest BCUT2D eigenvalue weighted by atomic mass is 16.5. The summed E-state index contributed by atoms with van der Waals surface area (Å²) in [7, 11) is 6.81. The van der Waals surface area contributed by atoms with Crippen molar-refractivity contribution in [3.63, 3.8) is 0 Å². The first-order valence-electron chi connectivity index (χ1n) is 28.6. The van der Waals surface area contributed by atoms with Crippen LogP contribution in [0, 0.1) is 0 Å². The average Bonchev–Trinajstić information content (AvgIpc) is 3.07. The molecule has 0 amide bonds. The molecule has 3 aliphatic carbocycles. The van der Waals surface area contributed by atoms with E-state index in [1.54, 1.807) is 28.4 Å². The van der Waals surface area contributed by atoms with Gasteiger partial charge >= 0.3 is 0 Å². The fourth-order valence-corrected chi connectivity index (χ4v) is 13.2. The second-order valence-electron chi connectivity index (χ2n) is 23.7. The molecular formula is C77H68N2O4. The number of hydrogen-bond acceptors (Lipinski definition) is 6. The Kier molecular flexibility index (Phi) is 13.0. The van der Waals surface area contributed by atoms with E-state index >= 15 is 0 Å². The lowest BCUT2D eigenvalue weighted by molar-refractivity contribution is 0.414. The summed E-state index contributed by atoms with van der Waals surface area (Å²) >= 11 is 0. The number of ether oxygens (including phenoxy) is 4. The van der Waals surface area contributed by atoms with Crippen LogP contribution in [0.4, 0.5) is 34.1 Å². The quantitative estimate of drug-likeness (QED) is 0.101. The van der Waals surface area contributed by atoms with Gasteiger partial charge in [-0.3, -0.25) is 0 Å². The van der Waals surface area contributed by atoms with Gasteiger partial charge in [-0.15, -0.1) is 0 Å². The molecule has 0 aliphatic heterocycles. The lowest BCUT2D eigenvalue weighted by atomic mass is 9.81. The Balaban J connectivity index is 0.726. The molecule has 0 saturated carbocycles. The maximum atomic E-state index is 5.52. The maximum absolute atomic E-state index is 5.52. The Labute approximate surface area is 489 Å². The molecule has 6 heteroatoms. The van der Waals surface area contributed by atoms with Crippen LogP contribution in [0.15, 0.2) is 206 Å². The molecule has 10 aromatic carbocycles. The van der Waals surface area contributed by atoms with Gasteiger partial charge in [0, 0.05) is 50.4 Å². The van der Waals surface area contributed by atoms with Gasteiger partial charge in [0.15, 0.2) is 0 Å². The van der Waals surface area contributed by atoms with E-state index in [2.05, 4.69) is 233 Å². The molecule has 0 bridgehead atoms. The zero-order chi connectivity index (χ0) is 57.4. The second kappa shape index (κ2) is 20.5. The highest BCUT2D eigenvalue weighted by Crippen LogP contribution is 2.54. The fraction of sp³-hybridized carbons (Fsp3) is 0.169. The van der Waals surface area contributed by atoms with E-state index in [1.807, 2.05) is 48.5 Å². The first-order chi connectivity index (χ1) is 40.2. The molecule has 410 valence electrons. The van der Waals surface area contributed by atoms with Crippen molar-refractivity contribution in [2.45, 2.75) is 57.8 Å². The third-order valence-electron chi connectivity index (χ3n) is 17.9. The zero-order valence-electron chi connectivity index (χ0n) is 49.0. The molecule has 0 unspecified atom stereocenters. The van der Waals surface area contributed by atoms with Crippen molar-refractivity contribution >= 4 is 58.4 Å². The maximum Gasteiger partial charge on any atom is 0.119 e.